The van der Waals surface area contributed by atoms with Crippen LogP contribution in [0.15, 0.2) is 36.4 Å². The second kappa shape index (κ2) is 7.35. The van der Waals surface area contributed by atoms with E-state index in [0.29, 0.717) is 5.13 Å². The molecule has 0 unspecified atom stereocenters. The lowest BCUT2D eigenvalue weighted by molar-refractivity contribution is -0.120. The first kappa shape index (κ1) is 18.4. The Morgan fingerprint density at radius 1 is 1.14 bits per heavy atom. The Kier molecular flexibility index (Phi) is 4.67. The number of benzene rings is 2. The summed E-state index contributed by atoms with van der Waals surface area (Å²) in [6.07, 6.45) is 1.53. The second-order valence-corrected chi connectivity index (χ2v) is 9.34. The Labute approximate surface area is 175 Å². The summed E-state index contributed by atoms with van der Waals surface area (Å²) in [4.78, 5) is 24.1. The van der Waals surface area contributed by atoms with Gasteiger partial charge in [-0.2, -0.15) is 0 Å². The first-order valence-electron chi connectivity index (χ1n) is 9.55. The van der Waals surface area contributed by atoms with Crippen molar-refractivity contribution in [1.29, 1.82) is 0 Å². The van der Waals surface area contributed by atoms with Crippen LogP contribution in [-0.4, -0.2) is 29.0 Å². The Morgan fingerprint density at radius 2 is 1.97 bits per heavy atom. The molecular formula is C21H19FN4OS2. The zero-order valence-electron chi connectivity index (χ0n) is 15.8. The number of nitrogens with one attached hydrogen (secondary N) is 1. The molecule has 5 rings (SSSR count). The summed E-state index contributed by atoms with van der Waals surface area (Å²) in [5.41, 5.74) is 2.88. The van der Waals surface area contributed by atoms with E-state index in [9.17, 15) is 9.18 Å². The number of aryl methyl sites for hydroxylation is 1. The Balaban J connectivity index is 1.24. The number of thiazole rings is 2. The van der Waals surface area contributed by atoms with Gasteiger partial charge in [0, 0.05) is 19.0 Å². The largest absolute Gasteiger partial charge is 0.348 e. The average molecular weight is 427 g/mol. The van der Waals surface area contributed by atoms with Gasteiger partial charge in [0.15, 0.2) is 10.3 Å². The molecule has 5 nitrogen and oxygen atoms in total. The summed E-state index contributed by atoms with van der Waals surface area (Å²) in [6.45, 7) is 3.55. The quantitative estimate of drug-likeness (QED) is 0.489. The molecule has 0 spiro atoms. The summed E-state index contributed by atoms with van der Waals surface area (Å²) in [5, 5.41) is 4.56. The SMILES string of the molecule is Cc1cccc2sc(NC(=O)C3CCN(c4nc5ccc(F)cc5s4)CC3)nc12. The highest BCUT2D eigenvalue weighted by Crippen LogP contribution is 2.33. The topological polar surface area (TPSA) is 58.1 Å². The third kappa shape index (κ3) is 3.58. The highest BCUT2D eigenvalue weighted by Gasteiger charge is 2.27. The molecule has 29 heavy (non-hydrogen) atoms. The smallest absolute Gasteiger partial charge is 0.229 e. The molecule has 1 N–H and O–H groups in total. The fourth-order valence-corrected chi connectivity index (χ4v) is 5.69. The van der Waals surface area contributed by atoms with E-state index in [4.69, 9.17) is 0 Å². The Bertz CT molecular complexity index is 1210. The number of amides is 1. The monoisotopic (exact) mass is 426 g/mol. The normalized spacial score (nSPS) is 15.3. The Hall–Kier alpha value is -2.58. The van der Waals surface area contributed by atoms with Crippen LogP contribution in [0.25, 0.3) is 20.4 Å². The lowest BCUT2D eigenvalue weighted by atomic mass is 9.96. The minimum absolute atomic E-state index is 0.0349. The maximum absolute atomic E-state index is 13.4. The van der Waals surface area contributed by atoms with Crippen molar-refractivity contribution in [3.05, 3.63) is 47.8 Å². The Morgan fingerprint density at radius 3 is 2.76 bits per heavy atom. The molecular weight excluding hydrogens is 407 g/mol. The molecule has 0 aliphatic carbocycles. The molecule has 2 aromatic heterocycles. The van der Waals surface area contributed by atoms with Crippen LogP contribution in [0.1, 0.15) is 18.4 Å². The summed E-state index contributed by atoms with van der Waals surface area (Å²) in [7, 11) is 0. The van der Waals surface area contributed by atoms with Gasteiger partial charge < -0.3 is 10.2 Å². The number of para-hydroxylation sites is 1. The van der Waals surface area contributed by atoms with Crippen LogP contribution < -0.4 is 10.2 Å². The number of fused-ring (bicyclic) bond motifs is 2. The number of hydrogen-bond acceptors (Lipinski definition) is 6. The van der Waals surface area contributed by atoms with Crippen molar-refractivity contribution >= 4 is 59.3 Å². The first-order chi connectivity index (χ1) is 14.1. The number of nitrogens with zero attached hydrogens (tertiary/aromatic N) is 3. The zero-order chi connectivity index (χ0) is 20.0. The molecule has 1 aliphatic rings. The minimum atomic E-state index is -0.242. The molecule has 1 fully saturated rings. The summed E-state index contributed by atoms with van der Waals surface area (Å²) < 4.78 is 15.4. The lowest BCUT2D eigenvalue weighted by Gasteiger charge is -2.30. The molecule has 1 amide bonds. The molecule has 0 saturated carbocycles. The first-order valence-corrected chi connectivity index (χ1v) is 11.2. The molecule has 4 aromatic rings. The number of aromatic nitrogens is 2. The van der Waals surface area contributed by atoms with Crippen molar-refractivity contribution in [3.63, 3.8) is 0 Å². The van der Waals surface area contributed by atoms with Crippen molar-refractivity contribution in [1.82, 2.24) is 9.97 Å². The van der Waals surface area contributed by atoms with Crippen LogP contribution in [0.3, 0.4) is 0 Å². The van der Waals surface area contributed by atoms with E-state index in [1.807, 2.05) is 25.1 Å². The van der Waals surface area contributed by atoms with Crippen molar-refractivity contribution < 1.29 is 9.18 Å². The van der Waals surface area contributed by atoms with Gasteiger partial charge in [-0.25, -0.2) is 14.4 Å². The summed E-state index contributed by atoms with van der Waals surface area (Å²) in [5.74, 6) is -0.243. The molecule has 3 heterocycles. The summed E-state index contributed by atoms with van der Waals surface area (Å²) in [6, 6.07) is 10.7. The van der Waals surface area contributed by atoms with Crippen LogP contribution >= 0.6 is 22.7 Å². The van der Waals surface area contributed by atoms with Gasteiger partial charge in [-0.1, -0.05) is 34.8 Å². The fraction of sp³-hybridized carbons (Fsp3) is 0.286. The molecule has 2 aromatic carbocycles. The second-order valence-electron chi connectivity index (χ2n) is 7.30. The predicted molar refractivity (Wildman–Crippen MR) is 118 cm³/mol. The van der Waals surface area contributed by atoms with Gasteiger partial charge in [-0.05, 0) is 49.6 Å². The fourth-order valence-electron chi connectivity index (χ4n) is 3.70. The van der Waals surface area contributed by atoms with Crippen LogP contribution in [0.5, 0.6) is 0 Å². The van der Waals surface area contributed by atoms with Gasteiger partial charge in [0.1, 0.15) is 5.82 Å². The van der Waals surface area contributed by atoms with E-state index in [2.05, 4.69) is 20.2 Å². The highest BCUT2D eigenvalue weighted by molar-refractivity contribution is 7.22. The van der Waals surface area contributed by atoms with Crippen LogP contribution in [0, 0.1) is 18.7 Å². The third-order valence-corrected chi connectivity index (χ3v) is 7.34. The molecule has 1 aliphatic heterocycles. The number of piperidine rings is 1. The van der Waals surface area contributed by atoms with E-state index in [0.717, 1.165) is 57.1 Å². The van der Waals surface area contributed by atoms with Crippen molar-refractivity contribution in [2.45, 2.75) is 19.8 Å². The van der Waals surface area contributed by atoms with Crippen molar-refractivity contribution in [2.24, 2.45) is 5.92 Å². The molecule has 148 valence electrons. The van der Waals surface area contributed by atoms with Crippen LogP contribution in [0.2, 0.25) is 0 Å². The average Bonchev–Trinajstić information content (AvgIpc) is 3.32. The number of carbonyl (C=O) groups excluding carboxylic acids is 1. The van der Waals surface area contributed by atoms with E-state index in [1.54, 1.807) is 6.07 Å². The number of anilines is 2. The van der Waals surface area contributed by atoms with E-state index in [1.165, 1.54) is 34.8 Å². The number of carbonyl (C=O) groups is 1. The standard InChI is InChI=1S/C21H19FN4OS2/c1-12-3-2-4-16-18(12)24-20(28-16)25-19(27)13-7-9-26(10-8-13)21-23-15-6-5-14(22)11-17(15)29-21/h2-6,11,13H,7-10H2,1H3,(H,24,25,27). The van der Waals surface area contributed by atoms with Gasteiger partial charge in [0.2, 0.25) is 5.91 Å². The summed E-state index contributed by atoms with van der Waals surface area (Å²) >= 11 is 3.01. The number of halogens is 1. The van der Waals surface area contributed by atoms with E-state index in [-0.39, 0.29) is 17.6 Å². The van der Waals surface area contributed by atoms with Gasteiger partial charge in [-0.3, -0.25) is 4.79 Å². The molecule has 8 heteroatoms. The van der Waals surface area contributed by atoms with E-state index >= 15 is 0 Å². The minimum Gasteiger partial charge on any atom is -0.348 e. The number of hydrogen-bond donors (Lipinski definition) is 1. The van der Waals surface area contributed by atoms with Crippen molar-refractivity contribution in [3.8, 4) is 0 Å². The lowest BCUT2D eigenvalue weighted by Crippen LogP contribution is -2.38. The zero-order valence-corrected chi connectivity index (χ0v) is 17.4. The molecule has 0 bridgehead atoms. The maximum atomic E-state index is 13.4. The molecule has 1 saturated heterocycles. The van der Waals surface area contributed by atoms with Crippen LogP contribution in [0.4, 0.5) is 14.7 Å². The van der Waals surface area contributed by atoms with E-state index < -0.39 is 0 Å². The number of rotatable bonds is 3. The van der Waals surface area contributed by atoms with Crippen LogP contribution in [-0.2, 0) is 4.79 Å². The van der Waals surface area contributed by atoms with Gasteiger partial charge in [0.05, 0.1) is 20.4 Å². The van der Waals surface area contributed by atoms with Gasteiger partial charge >= 0.3 is 0 Å². The maximum Gasteiger partial charge on any atom is 0.229 e. The van der Waals surface area contributed by atoms with Gasteiger partial charge in [-0.15, -0.1) is 0 Å². The molecule has 0 atom stereocenters. The van der Waals surface area contributed by atoms with Crippen molar-refractivity contribution in [2.75, 3.05) is 23.3 Å². The van der Waals surface area contributed by atoms with Gasteiger partial charge in [0.25, 0.3) is 0 Å². The third-order valence-electron chi connectivity index (χ3n) is 5.33. The predicted octanol–water partition coefficient (Wildman–Crippen LogP) is 5.21. The highest BCUT2D eigenvalue weighted by atomic mass is 32.1. The molecule has 0 radical (unpaired) electrons.